The van der Waals surface area contributed by atoms with Crippen LogP contribution in [0.5, 0.6) is 0 Å². The van der Waals surface area contributed by atoms with E-state index in [0.717, 1.165) is 26.1 Å². The van der Waals surface area contributed by atoms with Crippen LogP contribution in [0.3, 0.4) is 0 Å². The first-order chi connectivity index (χ1) is 7.88. The number of benzene rings is 1. The zero-order valence-corrected chi connectivity index (χ0v) is 9.55. The largest absolute Gasteiger partial charge is 0.396 e. The predicted molar refractivity (Wildman–Crippen MR) is 67.1 cm³/mol. The summed E-state index contributed by atoms with van der Waals surface area (Å²) in [6.45, 7) is 3.48. The number of hydrogen-bond acceptors (Lipinski definition) is 2. The van der Waals surface area contributed by atoms with Crippen LogP contribution in [0.15, 0.2) is 36.4 Å². The second-order valence-corrected chi connectivity index (χ2v) is 4.41. The van der Waals surface area contributed by atoms with Gasteiger partial charge in [0.1, 0.15) is 0 Å². The maximum atomic E-state index is 9.04. The summed E-state index contributed by atoms with van der Waals surface area (Å²) >= 11 is 0. The molecule has 16 heavy (non-hydrogen) atoms. The van der Waals surface area contributed by atoms with Gasteiger partial charge in [0.2, 0.25) is 0 Å². The lowest BCUT2D eigenvalue weighted by atomic mass is 10.1. The topological polar surface area (TPSA) is 23.5 Å². The molecule has 1 aliphatic rings. The molecule has 0 bridgehead atoms. The van der Waals surface area contributed by atoms with E-state index in [1.165, 1.54) is 5.56 Å². The molecule has 0 saturated carbocycles. The fourth-order valence-electron chi connectivity index (χ4n) is 2.13. The van der Waals surface area contributed by atoms with E-state index in [0.29, 0.717) is 12.5 Å². The van der Waals surface area contributed by atoms with Crippen molar-refractivity contribution < 1.29 is 5.11 Å². The first-order valence-corrected chi connectivity index (χ1v) is 5.93. The SMILES string of the molecule is OC[C@@H]1CCN(C/C=C/c2ccccc2)C1. The summed E-state index contributed by atoms with van der Waals surface area (Å²) in [5.74, 6) is 0.491. The number of rotatable bonds is 4. The van der Waals surface area contributed by atoms with Gasteiger partial charge in [0.05, 0.1) is 0 Å². The van der Waals surface area contributed by atoms with Crippen LogP contribution in [0.25, 0.3) is 6.08 Å². The van der Waals surface area contributed by atoms with Crippen LogP contribution < -0.4 is 0 Å². The standard InChI is InChI=1S/C14H19NO/c16-12-14-8-10-15(11-14)9-4-7-13-5-2-1-3-6-13/h1-7,14,16H,8-12H2/b7-4+/t14-/m1/s1. The number of aliphatic hydroxyl groups is 1. The zero-order valence-electron chi connectivity index (χ0n) is 9.55. The van der Waals surface area contributed by atoms with Crippen molar-refractivity contribution in [2.24, 2.45) is 5.92 Å². The van der Waals surface area contributed by atoms with E-state index in [4.69, 9.17) is 5.11 Å². The minimum atomic E-state index is 0.332. The molecule has 86 valence electrons. The number of likely N-dealkylation sites (tertiary alicyclic amines) is 1. The van der Waals surface area contributed by atoms with E-state index in [1.54, 1.807) is 0 Å². The fourth-order valence-corrected chi connectivity index (χ4v) is 2.13. The Morgan fingerprint density at radius 2 is 2.12 bits per heavy atom. The second kappa shape index (κ2) is 5.83. The molecule has 1 heterocycles. The van der Waals surface area contributed by atoms with Gasteiger partial charge in [-0.05, 0) is 24.4 Å². The smallest absolute Gasteiger partial charge is 0.0471 e. The van der Waals surface area contributed by atoms with Crippen LogP contribution in [0.1, 0.15) is 12.0 Å². The first-order valence-electron chi connectivity index (χ1n) is 5.93. The molecule has 1 atom stereocenters. The van der Waals surface area contributed by atoms with Gasteiger partial charge < -0.3 is 5.11 Å². The zero-order chi connectivity index (χ0) is 11.2. The normalized spacial score (nSPS) is 21.9. The summed E-state index contributed by atoms with van der Waals surface area (Å²) in [4.78, 5) is 2.39. The Hall–Kier alpha value is -1.12. The van der Waals surface area contributed by atoms with Gasteiger partial charge in [0.15, 0.2) is 0 Å². The molecule has 0 unspecified atom stereocenters. The Balaban J connectivity index is 1.78. The van der Waals surface area contributed by atoms with E-state index in [1.807, 2.05) is 6.07 Å². The van der Waals surface area contributed by atoms with Crippen LogP contribution in [0.2, 0.25) is 0 Å². The van der Waals surface area contributed by atoms with Gasteiger partial charge in [-0.1, -0.05) is 42.5 Å². The molecule has 1 saturated heterocycles. The van der Waals surface area contributed by atoms with Gasteiger partial charge in [-0.15, -0.1) is 0 Å². The molecule has 0 aromatic heterocycles. The lowest BCUT2D eigenvalue weighted by molar-refractivity contribution is 0.225. The number of hydrogen-bond donors (Lipinski definition) is 1. The summed E-state index contributed by atoms with van der Waals surface area (Å²) in [5, 5.41) is 9.04. The molecule has 1 aromatic rings. The van der Waals surface area contributed by atoms with E-state index in [-0.39, 0.29) is 0 Å². The van der Waals surface area contributed by atoms with Crippen molar-refractivity contribution >= 4 is 6.08 Å². The highest BCUT2D eigenvalue weighted by Crippen LogP contribution is 2.15. The van der Waals surface area contributed by atoms with E-state index >= 15 is 0 Å². The van der Waals surface area contributed by atoms with Gasteiger partial charge in [0.25, 0.3) is 0 Å². The molecule has 1 aliphatic heterocycles. The Bertz CT molecular complexity index is 334. The molecule has 0 aliphatic carbocycles. The van der Waals surface area contributed by atoms with E-state index in [2.05, 4.69) is 41.3 Å². The molecule has 0 radical (unpaired) electrons. The average Bonchev–Trinajstić information content (AvgIpc) is 2.78. The van der Waals surface area contributed by atoms with Crippen molar-refractivity contribution in [2.75, 3.05) is 26.2 Å². The van der Waals surface area contributed by atoms with Crippen molar-refractivity contribution in [2.45, 2.75) is 6.42 Å². The number of nitrogens with zero attached hydrogens (tertiary/aromatic N) is 1. The van der Waals surface area contributed by atoms with Gasteiger partial charge in [-0.2, -0.15) is 0 Å². The fraction of sp³-hybridized carbons (Fsp3) is 0.429. The maximum Gasteiger partial charge on any atom is 0.0471 e. The van der Waals surface area contributed by atoms with Crippen LogP contribution >= 0.6 is 0 Å². The minimum absolute atomic E-state index is 0.332. The van der Waals surface area contributed by atoms with Gasteiger partial charge in [0, 0.05) is 19.7 Å². The van der Waals surface area contributed by atoms with Crippen LogP contribution in [-0.2, 0) is 0 Å². The van der Waals surface area contributed by atoms with Crippen molar-refractivity contribution in [3.63, 3.8) is 0 Å². The highest BCUT2D eigenvalue weighted by molar-refractivity contribution is 5.48. The monoisotopic (exact) mass is 217 g/mol. The van der Waals surface area contributed by atoms with E-state index in [9.17, 15) is 0 Å². The van der Waals surface area contributed by atoms with Crippen molar-refractivity contribution in [1.82, 2.24) is 4.90 Å². The van der Waals surface area contributed by atoms with Crippen molar-refractivity contribution in [1.29, 1.82) is 0 Å². The summed E-state index contributed by atoms with van der Waals surface area (Å²) in [5.41, 5.74) is 1.25. The molecule has 1 aromatic carbocycles. The average molecular weight is 217 g/mol. The third-order valence-corrected chi connectivity index (χ3v) is 3.10. The Labute approximate surface area is 97.2 Å². The van der Waals surface area contributed by atoms with Gasteiger partial charge >= 0.3 is 0 Å². The molecule has 2 rings (SSSR count). The van der Waals surface area contributed by atoms with Crippen molar-refractivity contribution in [3.05, 3.63) is 42.0 Å². The number of aliphatic hydroxyl groups excluding tert-OH is 1. The Morgan fingerprint density at radius 3 is 2.81 bits per heavy atom. The van der Waals surface area contributed by atoms with Crippen molar-refractivity contribution in [3.8, 4) is 0 Å². The minimum Gasteiger partial charge on any atom is -0.396 e. The molecule has 2 nitrogen and oxygen atoms in total. The van der Waals surface area contributed by atoms with Crippen LogP contribution in [-0.4, -0.2) is 36.2 Å². The lowest BCUT2D eigenvalue weighted by Gasteiger charge is -2.12. The summed E-state index contributed by atoms with van der Waals surface area (Å²) in [6, 6.07) is 10.4. The molecule has 1 fully saturated rings. The molecule has 0 amide bonds. The van der Waals surface area contributed by atoms with Crippen LogP contribution in [0, 0.1) is 5.92 Å². The molecule has 0 spiro atoms. The molecule has 2 heteroatoms. The Morgan fingerprint density at radius 1 is 1.31 bits per heavy atom. The summed E-state index contributed by atoms with van der Waals surface area (Å²) in [7, 11) is 0. The second-order valence-electron chi connectivity index (χ2n) is 4.41. The molecular weight excluding hydrogens is 198 g/mol. The Kier molecular flexibility index (Phi) is 4.14. The lowest BCUT2D eigenvalue weighted by Crippen LogP contribution is -2.21. The first kappa shape index (κ1) is 11.4. The molecular formula is C14H19NO. The maximum absolute atomic E-state index is 9.04. The third-order valence-electron chi connectivity index (χ3n) is 3.10. The summed E-state index contributed by atoms with van der Waals surface area (Å²) < 4.78 is 0. The van der Waals surface area contributed by atoms with Gasteiger partial charge in [-0.25, -0.2) is 0 Å². The third kappa shape index (κ3) is 3.19. The predicted octanol–water partition coefficient (Wildman–Crippen LogP) is 2.01. The van der Waals surface area contributed by atoms with E-state index < -0.39 is 0 Å². The van der Waals surface area contributed by atoms with Crippen LogP contribution in [0.4, 0.5) is 0 Å². The van der Waals surface area contributed by atoms with Gasteiger partial charge in [-0.3, -0.25) is 4.90 Å². The highest BCUT2D eigenvalue weighted by Gasteiger charge is 2.19. The highest BCUT2D eigenvalue weighted by atomic mass is 16.3. The molecule has 1 N–H and O–H groups in total. The summed E-state index contributed by atoms with van der Waals surface area (Å²) in [6.07, 6.45) is 5.50. The quantitative estimate of drug-likeness (QED) is 0.834.